The molecule has 6 rings (SSSR count). The zero-order valence-corrected chi connectivity index (χ0v) is 19.9. The fourth-order valence-corrected chi connectivity index (χ4v) is 9.76. The zero-order chi connectivity index (χ0) is 22.0. The number of nitrogens with one attached hydrogen (secondary N) is 1. The third-order valence-corrected chi connectivity index (χ3v) is 10.8. The summed E-state index contributed by atoms with van der Waals surface area (Å²) in [5.74, 6) is 2.72. The molecule has 6 fully saturated rings. The normalized spacial score (nSPS) is 52.4. The summed E-state index contributed by atoms with van der Waals surface area (Å²) in [5, 5.41) is 3.20. The number of ether oxygens (including phenoxy) is 4. The van der Waals surface area contributed by atoms with Gasteiger partial charge in [-0.1, -0.05) is 19.8 Å². The van der Waals surface area contributed by atoms with Crippen molar-refractivity contribution < 1.29 is 23.7 Å². The van der Waals surface area contributed by atoms with Gasteiger partial charge in [0.2, 0.25) is 5.91 Å². The maximum Gasteiger partial charge on any atom is 0.216 e. The van der Waals surface area contributed by atoms with Crippen LogP contribution in [0.3, 0.4) is 0 Å². The molecule has 32 heavy (non-hydrogen) atoms. The standard InChI is InChI=1S/C26H41NO5/c1-17(28)27-16-18-15-19-21(24(2)8-4-3-5-20(18)24)6-9-25-22(19)7-10-26(25)31-13-11-29-23(25)30-12-14-32-26/h18-23H,3-16H2,1-2H3,(H,27,28)/t18-,19-,20?,21+,22+,23?,24+,25+,26?/m1/s1. The first kappa shape index (κ1) is 21.8. The highest BCUT2D eigenvalue weighted by molar-refractivity contribution is 5.72. The molecule has 6 heteroatoms. The van der Waals surface area contributed by atoms with Gasteiger partial charge in [-0.2, -0.15) is 0 Å². The summed E-state index contributed by atoms with van der Waals surface area (Å²) in [5.41, 5.74) is 0.179. The molecular weight excluding hydrogens is 406 g/mol. The molecular formula is C26H41NO5. The third kappa shape index (κ3) is 2.95. The monoisotopic (exact) mass is 447 g/mol. The molecule has 4 aliphatic carbocycles. The number of hydrogen-bond donors (Lipinski definition) is 1. The molecule has 4 saturated carbocycles. The summed E-state index contributed by atoms with van der Waals surface area (Å²) in [7, 11) is 0. The number of fused-ring (bicyclic) bond motifs is 4. The summed E-state index contributed by atoms with van der Waals surface area (Å²) >= 11 is 0. The first-order chi connectivity index (χ1) is 15.5. The minimum Gasteiger partial charge on any atom is -0.356 e. The highest BCUT2D eigenvalue weighted by Crippen LogP contribution is 2.71. The van der Waals surface area contributed by atoms with Crippen LogP contribution in [0.2, 0.25) is 0 Å². The Morgan fingerprint density at radius 2 is 1.66 bits per heavy atom. The molecule has 6 aliphatic rings. The van der Waals surface area contributed by atoms with Gasteiger partial charge in [-0.15, -0.1) is 0 Å². The average molecular weight is 448 g/mol. The lowest BCUT2D eigenvalue weighted by molar-refractivity contribution is -0.320. The van der Waals surface area contributed by atoms with Crippen molar-refractivity contribution in [3.8, 4) is 0 Å². The van der Waals surface area contributed by atoms with Crippen molar-refractivity contribution in [1.82, 2.24) is 5.32 Å². The van der Waals surface area contributed by atoms with Crippen molar-refractivity contribution in [2.75, 3.05) is 33.0 Å². The highest BCUT2D eigenvalue weighted by Gasteiger charge is 2.73. The van der Waals surface area contributed by atoms with E-state index in [9.17, 15) is 4.79 Å². The summed E-state index contributed by atoms with van der Waals surface area (Å²) in [4.78, 5) is 11.8. The highest BCUT2D eigenvalue weighted by atomic mass is 16.8. The molecule has 1 N–H and O–H groups in total. The predicted octanol–water partition coefficient (Wildman–Crippen LogP) is 3.88. The molecule has 2 bridgehead atoms. The molecule has 7 atom stereocenters. The molecule has 6 nitrogen and oxygen atoms in total. The number of carbonyl (C=O) groups is 1. The maximum absolute atomic E-state index is 11.8. The Balaban J connectivity index is 1.39. The van der Waals surface area contributed by atoms with Crippen LogP contribution in [0, 0.1) is 40.4 Å². The Morgan fingerprint density at radius 3 is 2.41 bits per heavy atom. The van der Waals surface area contributed by atoms with E-state index in [1.165, 1.54) is 38.5 Å². The van der Waals surface area contributed by atoms with E-state index in [1.807, 2.05) is 0 Å². The molecule has 0 aromatic carbocycles. The third-order valence-electron chi connectivity index (χ3n) is 10.8. The van der Waals surface area contributed by atoms with Gasteiger partial charge >= 0.3 is 0 Å². The molecule has 1 unspecified atom stereocenters. The van der Waals surface area contributed by atoms with Gasteiger partial charge in [0.05, 0.1) is 31.8 Å². The van der Waals surface area contributed by atoms with Gasteiger partial charge in [-0.3, -0.25) is 4.79 Å². The van der Waals surface area contributed by atoms with Crippen molar-refractivity contribution >= 4 is 5.91 Å². The molecule has 2 aliphatic heterocycles. The van der Waals surface area contributed by atoms with E-state index in [0.29, 0.717) is 49.6 Å². The van der Waals surface area contributed by atoms with E-state index >= 15 is 0 Å². The first-order valence-electron chi connectivity index (χ1n) is 13.3. The predicted molar refractivity (Wildman–Crippen MR) is 119 cm³/mol. The van der Waals surface area contributed by atoms with Crippen LogP contribution in [0.25, 0.3) is 0 Å². The molecule has 0 radical (unpaired) electrons. The summed E-state index contributed by atoms with van der Waals surface area (Å²) in [6.45, 7) is 7.43. The van der Waals surface area contributed by atoms with Gasteiger partial charge in [-0.25, -0.2) is 0 Å². The van der Waals surface area contributed by atoms with Gasteiger partial charge < -0.3 is 24.3 Å². The lowest BCUT2D eigenvalue weighted by Gasteiger charge is -2.64. The molecule has 180 valence electrons. The minimum atomic E-state index is -0.544. The van der Waals surface area contributed by atoms with Crippen molar-refractivity contribution in [3.05, 3.63) is 0 Å². The van der Waals surface area contributed by atoms with Gasteiger partial charge in [0.15, 0.2) is 12.1 Å². The Hall–Kier alpha value is -0.690. The van der Waals surface area contributed by atoms with Crippen LogP contribution in [0.5, 0.6) is 0 Å². The SMILES string of the molecule is CC(=O)NC[C@H]1C[C@@H]2[C@H](CC[C@]34C5OCCOC3(CC[C@@H]24)OCCO5)[C@@]2(C)CCCCC12. The molecule has 2 heterocycles. The van der Waals surface area contributed by atoms with Gasteiger partial charge in [-0.05, 0) is 73.5 Å². The second kappa shape index (κ2) is 7.93. The van der Waals surface area contributed by atoms with E-state index in [-0.39, 0.29) is 17.6 Å². The van der Waals surface area contributed by atoms with E-state index in [0.717, 1.165) is 37.6 Å². The second-order valence-corrected chi connectivity index (χ2v) is 11.8. The van der Waals surface area contributed by atoms with Crippen LogP contribution >= 0.6 is 0 Å². The largest absolute Gasteiger partial charge is 0.356 e. The molecule has 2 saturated heterocycles. The van der Waals surface area contributed by atoms with Crippen LogP contribution in [0.4, 0.5) is 0 Å². The Bertz CT molecular complexity index is 732. The maximum atomic E-state index is 11.8. The molecule has 1 amide bonds. The van der Waals surface area contributed by atoms with Crippen LogP contribution in [0.1, 0.15) is 71.6 Å². The van der Waals surface area contributed by atoms with Crippen molar-refractivity contribution in [2.45, 2.75) is 83.7 Å². The number of amides is 1. The minimum absolute atomic E-state index is 0.1000. The zero-order valence-electron chi connectivity index (χ0n) is 19.9. The fourth-order valence-electron chi connectivity index (χ4n) is 9.76. The number of hydrogen-bond acceptors (Lipinski definition) is 5. The summed E-state index contributed by atoms with van der Waals surface area (Å²) in [6, 6.07) is 0. The van der Waals surface area contributed by atoms with E-state index in [2.05, 4.69) is 12.2 Å². The Labute approximate surface area is 192 Å². The van der Waals surface area contributed by atoms with Crippen LogP contribution in [-0.2, 0) is 23.7 Å². The summed E-state index contributed by atoms with van der Waals surface area (Å²) < 4.78 is 25.8. The lowest BCUT2D eigenvalue weighted by atomic mass is 9.42. The van der Waals surface area contributed by atoms with Crippen LogP contribution < -0.4 is 5.32 Å². The number of rotatable bonds is 2. The molecule has 1 spiro atoms. The first-order valence-corrected chi connectivity index (χ1v) is 13.3. The second-order valence-electron chi connectivity index (χ2n) is 11.8. The topological polar surface area (TPSA) is 66.0 Å². The fraction of sp³-hybridized carbons (Fsp3) is 0.962. The van der Waals surface area contributed by atoms with E-state index in [1.54, 1.807) is 6.92 Å². The number of carbonyl (C=O) groups excluding carboxylic acids is 1. The van der Waals surface area contributed by atoms with E-state index < -0.39 is 5.79 Å². The quantitative estimate of drug-likeness (QED) is 0.696. The van der Waals surface area contributed by atoms with Crippen molar-refractivity contribution in [3.63, 3.8) is 0 Å². The van der Waals surface area contributed by atoms with Crippen LogP contribution in [-0.4, -0.2) is 51.0 Å². The Kier molecular flexibility index (Phi) is 5.41. The van der Waals surface area contributed by atoms with Crippen molar-refractivity contribution in [1.29, 1.82) is 0 Å². The van der Waals surface area contributed by atoms with Gasteiger partial charge in [0, 0.05) is 19.9 Å². The van der Waals surface area contributed by atoms with Gasteiger partial charge in [0.1, 0.15) is 0 Å². The molecule has 0 aromatic heterocycles. The van der Waals surface area contributed by atoms with Crippen LogP contribution in [0.15, 0.2) is 0 Å². The average Bonchev–Trinajstić information content (AvgIpc) is 2.95. The Morgan fingerprint density at radius 1 is 0.906 bits per heavy atom. The lowest BCUT2D eigenvalue weighted by Crippen LogP contribution is -2.63. The van der Waals surface area contributed by atoms with E-state index in [4.69, 9.17) is 18.9 Å². The smallest absolute Gasteiger partial charge is 0.216 e. The van der Waals surface area contributed by atoms with Crippen molar-refractivity contribution in [2.24, 2.45) is 40.4 Å². The molecule has 0 aromatic rings. The summed E-state index contributed by atoms with van der Waals surface area (Å²) in [6.07, 6.45) is 10.8. The van der Waals surface area contributed by atoms with Gasteiger partial charge in [0.25, 0.3) is 0 Å².